The van der Waals surface area contributed by atoms with Gasteiger partial charge >= 0.3 is 0 Å². The number of halogens is 1. The molecule has 0 aliphatic rings. The zero-order chi connectivity index (χ0) is 11.0. The standard InChI is InChI=1S/C12H13FN2/c1-7(14)9-3-4-11(13)12-8(2)15-6-5-10(9)12/h3-7H,14H2,1-2H3. The molecule has 15 heavy (non-hydrogen) atoms. The zero-order valence-electron chi connectivity index (χ0n) is 8.79. The number of nitrogens with zero attached hydrogens (tertiary/aromatic N) is 1. The van der Waals surface area contributed by atoms with Gasteiger partial charge in [0.2, 0.25) is 0 Å². The van der Waals surface area contributed by atoms with Crippen molar-refractivity contribution in [1.82, 2.24) is 4.98 Å². The van der Waals surface area contributed by atoms with Crippen molar-refractivity contribution < 1.29 is 4.39 Å². The van der Waals surface area contributed by atoms with Crippen molar-refractivity contribution in [2.75, 3.05) is 0 Å². The fraction of sp³-hybridized carbons (Fsp3) is 0.250. The van der Waals surface area contributed by atoms with Crippen molar-refractivity contribution in [1.29, 1.82) is 0 Å². The largest absolute Gasteiger partial charge is 0.324 e. The van der Waals surface area contributed by atoms with Crippen LogP contribution < -0.4 is 5.73 Å². The van der Waals surface area contributed by atoms with E-state index in [4.69, 9.17) is 5.73 Å². The molecule has 78 valence electrons. The minimum Gasteiger partial charge on any atom is -0.324 e. The molecular weight excluding hydrogens is 191 g/mol. The van der Waals surface area contributed by atoms with Crippen LogP contribution in [-0.2, 0) is 0 Å². The van der Waals surface area contributed by atoms with Gasteiger partial charge < -0.3 is 5.73 Å². The molecule has 0 amide bonds. The lowest BCUT2D eigenvalue weighted by molar-refractivity contribution is 0.637. The van der Waals surface area contributed by atoms with Crippen LogP contribution >= 0.6 is 0 Å². The van der Waals surface area contributed by atoms with Gasteiger partial charge in [-0.1, -0.05) is 6.07 Å². The maximum absolute atomic E-state index is 13.6. The van der Waals surface area contributed by atoms with Gasteiger partial charge in [0.05, 0.1) is 0 Å². The summed E-state index contributed by atoms with van der Waals surface area (Å²) in [6.45, 7) is 3.69. The van der Waals surface area contributed by atoms with Crippen molar-refractivity contribution in [2.45, 2.75) is 19.9 Å². The Morgan fingerprint density at radius 2 is 2.07 bits per heavy atom. The molecule has 2 aromatic rings. The maximum Gasteiger partial charge on any atom is 0.132 e. The molecule has 1 heterocycles. The van der Waals surface area contributed by atoms with Gasteiger partial charge in [0.1, 0.15) is 5.82 Å². The molecule has 0 fully saturated rings. The molecule has 3 heteroatoms. The Bertz CT molecular complexity index is 498. The summed E-state index contributed by atoms with van der Waals surface area (Å²) < 4.78 is 13.6. The lowest BCUT2D eigenvalue weighted by atomic mass is 10.00. The van der Waals surface area contributed by atoms with E-state index >= 15 is 0 Å². The number of aromatic nitrogens is 1. The van der Waals surface area contributed by atoms with Crippen LogP contribution in [0.5, 0.6) is 0 Å². The Morgan fingerprint density at radius 3 is 2.73 bits per heavy atom. The zero-order valence-corrected chi connectivity index (χ0v) is 8.79. The summed E-state index contributed by atoms with van der Waals surface area (Å²) in [5, 5.41) is 1.44. The van der Waals surface area contributed by atoms with Gasteiger partial charge in [-0.05, 0) is 36.9 Å². The second-order valence-electron chi connectivity index (χ2n) is 3.74. The van der Waals surface area contributed by atoms with Gasteiger partial charge in [-0.3, -0.25) is 4.98 Å². The quantitative estimate of drug-likeness (QED) is 0.775. The normalized spacial score (nSPS) is 13.1. The fourth-order valence-corrected chi connectivity index (χ4v) is 1.84. The van der Waals surface area contributed by atoms with Crippen LogP contribution in [0.3, 0.4) is 0 Å². The molecular formula is C12H13FN2. The third-order valence-electron chi connectivity index (χ3n) is 2.59. The van der Waals surface area contributed by atoms with Gasteiger partial charge in [0.15, 0.2) is 0 Å². The van der Waals surface area contributed by atoms with E-state index in [-0.39, 0.29) is 11.9 Å². The molecule has 0 bridgehead atoms. The van der Waals surface area contributed by atoms with Gasteiger partial charge in [0, 0.05) is 23.3 Å². The van der Waals surface area contributed by atoms with E-state index in [9.17, 15) is 4.39 Å². The summed E-state index contributed by atoms with van der Waals surface area (Å²) in [5.41, 5.74) is 7.49. The first-order valence-corrected chi connectivity index (χ1v) is 4.90. The van der Waals surface area contributed by atoms with Crippen LogP contribution in [0.15, 0.2) is 24.4 Å². The number of hydrogen-bond donors (Lipinski definition) is 1. The average molecular weight is 204 g/mol. The van der Waals surface area contributed by atoms with Gasteiger partial charge in [-0.25, -0.2) is 4.39 Å². The van der Waals surface area contributed by atoms with Crippen LogP contribution in [0, 0.1) is 12.7 Å². The third kappa shape index (κ3) is 1.59. The molecule has 0 aliphatic carbocycles. The van der Waals surface area contributed by atoms with Crippen molar-refractivity contribution in [3.8, 4) is 0 Å². The highest BCUT2D eigenvalue weighted by atomic mass is 19.1. The van der Waals surface area contributed by atoms with Crippen molar-refractivity contribution in [2.24, 2.45) is 5.73 Å². The van der Waals surface area contributed by atoms with Crippen molar-refractivity contribution in [3.05, 3.63) is 41.5 Å². The fourth-order valence-electron chi connectivity index (χ4n) is 1.84. The summed E-state index contributed by atoms with van der Waals surface area (Å²) >= 11 is 0. The molecule has 0 aliphatic heterocycles. The first-order chi connectivity index (χ1) is 7.11. The molecule has 2 N–H and O–H groups in total. The van der Waals surface area contributed by atoms with Crippen LogP contribution in [0.2, 0.25) is 0 Å². The Labute approximate surface area is 87.9 Å². The number of pyridine rings is 1. The SMILES string of the molecule is Cc1nccc2c(C(C)N)ccc(F)c12. The minimum absolute atomic E-state index is 0.102. The molecule has 0 saturated heterocycles. The molecule has 0 saturated carbocycles. The Morgan fingerprint density at radius 1 is 1.33 bits per heavy atom. The molecule has 1 atom stereocenters. The van der Waals surface area contributed by atoms with Crippen molar-refractivity contribution >= 4 is 10.8 Å². The van der Waals surface area contributed by atoms with Crippen LogP contribution in [0.25, 0.3) is 10.8 Å². The summed E-state index contributed by atoms with van der Waals surface area (Å²) in [5.74, 6) is -0.236. The van der Waals surface area contributed by atoms with E-state index in [0.29, 0.717) is 11.1 Å². The van der Waals surface area contributed by atoms with E-state index in [2.05, 4.69) is 4.98 Å². The highest BCUT2D eigenvalue weighted by Gasteiger charge is 2.10. The van der Waals surface area contributed by atoms with E-state index in [1.807, 2.05) is 13.0 Å². The summed E-state index contributed by atoms with van der Waals surface area (Å²) in [6.07, 6.45) is 1.68. The molecule has 1 unspecified atom stereocenters. The third-order valence-corrected chi connectivity index (χ3v) is 2.59. The summed E-state index contributed by atoms with van der Waals surface area (Å²) in [7, 11) is 0. The molecule has 1 aromatic carbocycles. The summed E-state index contributed by atoms with van der Waals surface area (Å²) in [4.78, 5) is 4.09. The highest BCUT2D eigenvalue weighted by Crippen LogP contribution is 2.26. The van der Waals surface area contributed by atoms with E-state index in [1.54, 1.807) is 19.2 Å². The van der Waals surface area contributed by atoms with E-state index < -0.39 is 0 Å². The van der Waals surface area contributed by atoms with Crippen LogP contribution in [-0.4, -0.2) is 4.98 Å². The maximum atomic E-state index is 13.6. The second kappa shape index (κ2) is 3.59. The smallest absolute Gasteiger partial charge is 0.132 e. The molecule has 0 spiro atoms. The van der Waals surface area contributed by atoms with Crippen LogP contribution in [0.1, 0.15) is 24.2 Å². The molecule has 0 radical (unpaired) electrons. The predicted octanol–water partition coefficient (Wildman–Crippen LogP) is 2.70. The lowest BCUT2D eigenvalue weighted by Gasteiger charge is -2.11. The van der Waals surface area contributed by atoms with Gasteiger partial charge in [-0.2, -0.15) is 0 Å². The second-order valence-corrected chi connectivity index (χ2v) is 3.74. The van der Waals surface area contributed by atoms with Gasteiger partial charge in [0.25, 0.3) is 0 Å². The average Bonchev–Trinajstić information content (AvgIpc) is 2.17. The Hall–Kier alpha value is -1.48. The first-order valence-electron chi connectivity index (χ1n) is 4.90. The lowest BCUT2D eigenvalue weighted by Crippen LogP contribution is -2.06. The van der Waals surface area contributed by atoms with E-state index in [0.717, 1.165) is 10.9 Å². The van der Waals surface area contributed by atoms with E-state index in [1.165, 1.54) is 6.07 Å². The van der Waals surface area contributed by atoms with Gasteiger partial charge in [-0.15, -0.1) is 0 Å². The van der Waals surface area contributed by atoms with Crippen LogP contribution in [0.4, 0.5) is 4.39 Å². The van der Waals surface area contributed by atoms with Crippen molar-refractivity contribution in [3.63, 3.8) is 0 Å². The number of nitrogens with two attached hydrogens (primary N) is 1. The highest BCUT2D eigenvalue weighted by molar-refractivity contribution is 5.88. The number of aryl methyl sites for hydroxylation is 1. The Kier molecular flexibility index (Phi) is 2.40. The number of hydrogen-bond acceptors (Lipinski definition) is 2. The first kappa shape index (κ1) is 10.1. The topological polar surface area (TPSA) is 38.9 Å². The molecule has 2 rings (SSSR count). The minimum atomic E-state index is -0.236. The number of rotatable bonds is 1. The summed E-state index contributed by atoms with van der Waals surface area (Å²) in [6, 6.07) is 4.90. The monoisotopic (exact) mass is 204 g/mol. The predicted molar refractivity (Wildman–Crippen MR) is 59.0 cm³/mol. The molecule has 2 nitrogen and oxygen atoms in total. The Balaban J connectivity index is 2.89. The number of fused-ring (bicyclic) bond motifs is 1. The molecule has 1 aromatic heterocycles. The number of benzene rings is 1.